The van der Waals surface area contributed by atoms with E-state index in [1.54, 1.807) is 18.2 Å². The summed E-state index contributed by atoms with van der Waals surface area (Å²) < 4.78 is 5.12. The van der Waals surface area contributed by atoms with Crippen LogP contribution in [0.2, 0.25) is 5.02 Å². The molecule has 0 heterocycles. The van der Waals surface area contributed by atoms with Crippen LogP contribution >= 0.6 is 23.4 Å². The molecule has 0 spiro atoms. The van der Waals surface area contributed by atoms with Gasteiger partial charge in [0.25, 0.3) is 0 Å². The van der Waals surface area contributed by atoms with Gasteiger partial charge in [0.05, 0.1) is 17.2 Å². The highest BCUT2D eigenvalue weighted by Crippen LogP contribution is 2.20. The van der Waals surface area contributed by atoms with Crippen LogP contribution in [0.3, 0.4) is 0 Å². The van der Waals surface area contributed by atoms with Gasteiger partial charge in [0, 0.05) is 5.69 Å². The molecule has 0 radical (unpaired) electrons. The molecule has 1 aromatic carbocycles. The van der Waals surface area contributed by atoms with Crippen LogP contribution in [0, 0.1) is 0 Å². The molecule has 1 rings (SSSR count). The molecule has 0 bridgehead atoms. The second-order valence-electron chi connectivity index (χ2n) is 3.43. The number of esters is 1. The van der Waals surface area contributed by atoms with Gasteiger partial charge in [-0.1, -0.05) is 18.5 Å². The number of carbonyl (C=O) groups excluding carboxylic acids is 1. The first-order chi connectivity index (χ1) is 8.15. The maximum absolute atomic E-state index is 11.7. The zero-order valence-corrected chi connectivity index (χ0v) is 11.3. The number of hydrogen-bond acceptors (Lipinski definition) is 4. The minimum Gasteiger partial charge on any atom is -0.462 e. The summed E-state index contributed by atoms with van der Waals surface area (Å²) in [7, 11) is 0. The molecule has 0 saturated carbocycles. The first-order valence-corrected chi connectivity index (χ1v) is 6.98. The number of carbonyl (C=O) groups is 1. The Labute approximate surface area is 111 Å². The first-order valence-electron chi connectivity index (χ1n) is 5.45. The van der Waals surface area contributed by atoms with Gasteiger partial charge in [-0.15, -0.1) is 0 Å². The van der Waals surface area contributed by atoms with Gasteiger partial charge < -0.3 is 10.5 Å². The number of thioether (sulfide) groups is 1. The van der Waals surface area contributed by atoms with Crippen molar-refractivity contribution in [1.29, 1.82) is 0 Å². The highest BCUT2D eigenvalue weighted by atomic mass is 35.5. The maximum Gasteiger partial charge on any atom is 0.339 e. The second-order valence-corrected chi connectivity index (χ2v) is 5.23. The molecule has 0 unspecified atom stereocenters. The predicted molar refractivity (Wildman–Crippen MR) is 73.8 cm³/mol. The lowest BCUT2D eigenvalue weighted by Gasteiger charge is -2.06. The molecule has 94 valence electrons. The van der Waals surface area contributed by atoms with Crippen molar-refractivity contribution in [2.45, 2.75) is 13.3 Å². The van der Waals surface area contributed by atoms with Crippen molar-refractivity contribution in [3.63, 3.8) is 0 Å². The molecule has 2 N–H and O–H groups in total. The van der Waals surface area contributed by atoms with Gasteiger partial charge in [-0.25, -0.2) is 4.79 Å². The fourth-order valence-corrected chi connectivity index (χ4v) is 2.12. The summed E-state index contributed by atoms with van der Waals surface area (Å²) in [4.78, 5) is 11.7. The van der Waals surface area contributed by atoms with Crippen LogP contribution in [0.5, 0.6) is 0 Å². The van der Waals surface area contributed by atoms with Gasteiger partial charge in [-0.3, -0.25) is 0 Å². The molecule has 0 aliphatic rings. The van der Waals surface area contributed by atoms with Crippen LogP contribution in [-0.4, -0.2) is 24.1 Å². The molecular weight excluding hydrogens is 258 g/mol. The number of hydrogen-bond donors (Lipinski definition) is 1. The van der Waals surface area contributed by atoms with Gasteiger partial charge >= 0.3 is 5.97 Å². The molecule has 1 aromatic rings. The molecule has 0 fully saturated rings. The Morgan fingerprint density at radius 2 is 2.29 bits per heavy atom. The number of anilines is 1. The monoisotopic (exact) mass is 273 g/mol. The van der Waals surface area contributed by atoms with Crippen LogP contribution in [0.4, 0.5) is 5.69 Å². The Bertz CT molecular complexity index is 385. The topological polar surface area (TPSA) is 52.3 Å². The summed E-state index contributed by atoms with van der Waals surface area (Å²) >= 11 is 7.73. The van der Waals surface area contributed by atoms with Gasteiger partial charge in [0.2, 0.25) is 0 Å². The van der Waals surface area contributed by atoms with Crippen LogP contribution in [0.1, 0.15) is 23.7 Å². The number of nitrogen functional groups attached to an aromatic ring is 1. The number of halogens is 1. The van der Waals surface area contributed by atoms with E-state index in [2.05, 4.69) is 6.92 Å². The third kappa shape index (κ3) is 4.88. The van der Waals surface area contributed by atoms with E-state index in [-0.39, 0.29) is 0 Å². The summed E-state index contributed by atoms with van der Waals surface area (Å²) in [6, 6.07) is 4.77. The fraction of sp³-hybridized carbons (Fsp3) is 0.417. The third-order valence-corrected chi connectivity index (χ3v) is 3.38. The fourth-order valence-electron chi connectivity index (χ4n) is 1.24. The van der Waals surface area contributed by atoms with Crippen molar-refractivity contribution < 1.29 is 9.53 Å². The highest BCUT2D eigenvalue weighted by Gasteiger charge is 2.11. The molecule has 0 aliphatic carbocycles. The maximum atomic E-state index is 11.7. The average molecular weight is 274 g/mol. The molecule has 17 heavy (non-hydrogen) atoms. The lowest BCUT2D eigenvalue weighted by atomic mass is 10.2. The molecule has 3 nitrogen and oxygen atoms in total. The summed E-state index contributed by atoms with van der Waals surface area (Å²) in [6.45, 7) is 2.53. The van der Waals surface area contributed by atoms with Gasteiger partial charge in [0.15, 0.2) is 0 Å². The average Bonchev–Trinajstić information content (AvgIpc) is 2.28. The van der Waals surface area contributed by atoms with E-state index in [9.17, 15) is 4.79 Å². The lowest BCUT2D eigenvalue weighted by Crippen LogP contribution is -2.08. The number of ether oxygens (including phenoxy) is 1. The lowest BCUT2D eigenvalue weighted by molar-refractivity contribution is 0.0506. The quantitative estimate of drug-likeness (QED) is 0.491. The van der Waals surface area contributed by atoms with Crippen molar-refractivity contribution in [2.75, 3.05) is 23.8 Å². The Balaban J connectivity index is 2.42. The van der Waals surface area contributed by atoms with E-state index in [0.717, 1.165) is 17.9 Å². The Morgan fingerprint density at radius 3 is 2.94 bits per heavy atom. The van der Waals surface area contributed by atoms with E-state index in [0.29, 0.717) is 22.9 Å². The van der Waals surface area contributed by atoms with Gasteiger partial charge in [0.1, 0.15) is 0 Å². The van der Waals surface area contributed by atoms with Gasteiger partial charge in [-0.2, -0.15) is 11.8 Å². The van der Waals surface area contributed by atoms with Crippen molar-refractivity contribution in [1.82, 2.24) is 0 Å². The SMILES string of the molecule is CCSCCCOC(=O)c1ccc(N)cc1Cl. The van der Waals surface area contributed by atoms with E-state index in [1.165, 1.54) is 0 Å². The number of rotatable bonds is 6. The Kier molecular flexibility index (Phi) is 6.22. The summed E-state index contributed by atoms with van der Waals surface area (Å²) in [5.41, 5.74) is 6.44. The summed E-state index contributed by atoms with van der Waals surface area (Å²) in [5.74, 6) is 1.69. The Morgan fingerprint density at radius 1 is 1.53 bits per heavy atom. The molecule has 0 aromatic heterocycles. The second kappa shape index (κ2) is 7.45. The number of benzene rings is 1. The molecule has 0 saturated heterocycles. The normalized spacial score (nSPS) is 10.2. The van der Waals surface area contributed by atoms with Crippen LogP contribution in [-0.2, 0) is 4.74 Å². The van der Waals surface area contributed by atoms with Crippen molar-refractivity contribution >= 4 is 35.0 Å². The first kappa shape index (κ1) is 14.2. The van der Waals surface area contributed by atoms with Crippen molar-refractivity contribution in [3.8, 4) is 0 Å². The minimum absolute atomic E-state index is 0.331. The summed E-state index contributed by atoms with van der Waals surface area (Å²) in [6.07, 6.45) is 0.858. The van der Waals surface area contributed by atoms with E-state index >= 15 is 0 Å². The molecule has 0 aliphatic heterocycles. The predicted octanol–water partition coefficient (Wildman–Crippen LogP) is 3.22. The van der Waals surface area contributed by atoms with Crippen molar-refractivity contribution in [3.05, 3.63) is 28.8 Å². The minimum atomic E-state index is -0.392. The zero-order valence-electron chi connectivity index (χ0n) is 9.74. The highest BCUT2D eigenvalue weighted by molar-refractivity contribution is 7.99. The summed E-state index contributed by atoms with van der Waals surface area (Å²) in [5, 5.41) is 0.331. The van der Waals surface area contributed by atoms with E-state index in [1.807, 2.05) is 11.8 Å². The van der Waals surface area contributed by atoms with Crippen molar-refractivity contribution in [2.24, 2.45) is 0 Å². The van der Waals surface area contributed by atoms with Crippen LogP contribution in [0.15, 0.2) is 18.2 Å². The molecular formula is C12H16ClNO2S. The van der Waals surface area contributed by atoms with Crippen LogP contribution < -0.4 is 5.73 Å². The smallest absolute Gasteiger partial charge is 0.339 e. The van der Waals surface area contributed by atoms with E-state index in [4.69, 9.17) is 22.1 Å². The third-order valence-electron chi connectivity index (χ3n) is 2.08. The van der Waals surface area contributed by atoms with Crippen LogP contribution in [0.25, 0.3) is 0 Å². The standard InChI is InChI=1S/C12H16ClNO2S/c1-2-17-7-3-6-16-12(15)10-5-4-9(14)8-11(10)13/h4-5,8H,2-3,6-7,14H2,1H3. The zero-order chi connectivity index (χ0) is 12.7. The molecule has 0 atom stereocenters. The molecule has 0 amide bonds. The van der Waals surface area contributed by atoms with Gasteiger partial charge in [-0.05, 0) is 36.1 Å². The Hall–Kier alpha value is -0.870. The van der Waals surface area contributed by atoms with E-state index < -0.39 is 5.97 Å². The largest absolute Gasteiger partial charge is 0.462 e. The number of nitrogens with two attached hydrogens (primary N) is 1. The molecule has 5 heteroatoms.